The Hall–Kier alpha value is -1.62. The van der Waals surface area contributed by atoms with E-state index in [2.05, 4.69) is 16.8 Å². The van der Waals surface area contributed by atoms with Crippen molar-refractivity contribution in [2.24, 2.45) is 5.73 Å². The van der Waals surface area contributed by atoms with Gasteiger partial charge in [-0.25, -0.2) is 0 Å². The molecule has 0 bridgehead atoms. The number of nitrogens with zero attached hydrogens (tertiary/aromatic N) is 2. The Balaban J connectivity index is 2.74. The summed E-state index contributed by atoms with van der Waals surface area (Å²) in [7, 11) is 0. The molecule has 1 rings (SSSR count). The molecule has 4 N–H and O–H groups in total. The summed E-state index contributed by atoms with van der Waals surface area (Å²) in [4.78, 5) is 6.22. The van der Waals surface area contributed by atoms with Crippen molar-refractivity contribution in [3.05, 3.63) is 24.0 Å². The number of aliphatic hydroxyl groups excluding tert-OH is 1. The van der Waals surface area contributed by atoms with Crippen LogP contribution in [-0.4, -0.2) is 35.6 Å². The number of anilines is 1. The Morgan fingerprint density at radius 3 is 2.75 bits per heavy atom. The summed E-state index contributed by atoms with van der Waals surface area (Å²) in [5.41, 5.74) is 6.80. The van der Waals surface area contributed by atoms with Crippen LogP contribution in [-0.2, 0) is 0 Å². The van der Waals surface area contributed by atoms with Gasteiger partial charge in [0.15, 0.2) is 0 Å². The van der Waals surface area contributed by atoms with E-state index < -0.39 is 0 Å². The third-order valence-corrected chi connectivity index (χ3v) is 2.36. The van der Waals surface area contributed by atoms with Gasteiger partial charge < -0.3 is 15.7 Å². The first-order chi connectivity index (χ1) is 7.69. The second-order valence-corrected chi connectivity index (χ2v) is 3.47. The first kappa shape index (κ1) is 12.4. The number of hydrogen-bond donors (Lipinski definition) is 3. The molecule has 88 valence electrons. The minimum absolute atomic E-state index is 0.0232. The molecule has 0 aliphatic carbocycles. The van der Waals surface area contributed by atoms with E-state index in [0.29, 0.717) is 5.69 Å². The summed E-state index contributed by atoms with van der Waals surface area (Å²) in [6, 6.07) is 3.63. The monoisotopic (exact) mass is 222 g/mol. The van der Waals surface area contributed by atoms with Crippen molar-refractivity contribution in [1.29, 1.82) is 5.41 Å². The average molecular weight is 222 g/mol. The predicted molar refractivity (Wildman–Crippen MR) is 64.8 cm³/mol. The fourth-order valence-electron chi connectivity index (χ4n) is 1.46. The van der Waals surface area contributed by atoms with E-state index in [1.807, 2.05) is 6.07 Å². The summed E-state index contributed by atoms with van der Waals surface area (Å²) in [6.07, 6.45) is 2.44. The molecular weight excluding hydrogens is 204 g/mol. The Morgan fingerprint density at radius 2 is 2.31 bits per heavy atom. The van der Waals surface area contributed by atoms with Crippen LogP contribution in [0.4, 0.5) is 5.69 Å². The van der Waals surface area contributed by atoms with Crippen LogP contribution in [0.1, 0.15) is 19.0 Å². The molecular formula is C11H18N4O. The fraction of sp³-hybridized carbons (Fsp3) is 0.455. The van der Waals surface area contributed by atoms with Crippen molar-refractivity contribution in [1.82, 2.24) is 4.98 Å². The Kier molecular flexibility index (Phi) is 4.72. The number of nitrogen functional groups attached to an aromatic ring is 1. The smallest absolute Gasteiger partial charge is 0.141 e. The zero-order chi connectivity index (χ0) is 12.0. The molecule has 0 atom stereocenters. The van der Waals surface area contributed by atoms with Crippen molar-refractivity contribution in [3.63, 3.8) is 0 Å². The molecule has 1 aromatic heterocycles. The SMILES string of the molecule is CCN(CCCO)c1ccc(C(=N)N)nc1. The second kappa shape index (κ2) is 6.07. The highest BCUT2D eigenvalue weighted by atomic mass is 16.3. The van der Waals surface area contributed by atoms with Crippen molar-refractivity contribution in [2.45, 2.75) is 13.3 Å². The number of aromatic nitrogens is 1. The van der Waals surface area contributed by atoms with E-state index in [1.54, 1.807) is 12.3 Å². The lowest BCUT2D eigenvalue weighted by Crippen LogP contribution is -2.25. The maximum absolute atomic E-state index is 8.79. The van der Waals surface area contributed by atoms with Crippen LogP contribution >= 0.6 is 0 Å². The van der Waals surface area contributed by atoms with Crippen LogP contribution < -0.4 is 10.6 Å². The minimum Gasteiger partial charge on any atom is -0.396 e. The maximum atomic E-state index is 8.79. The molecule has 0 amide bonds. The van der Waals surface area contributed by atoms with Crippen molar-refractivity contribution < 1.29 is 5.11 Å². The normalized spacial score (nSPS) is 10.1. The molecule has 0 aliphatic heterocycles. The molecule has 5 nitrogen and oxygen atoms in total. The van der Waals surface area contributed by atoms with Crippen LogP contribution in [0.25, 0.3) is 0 Å². The average Bonchev–Trinajstić information content (AvgIpc) is 2.30. The van der Waals surface area contributed by atoms with Gasteiger partial charge in [0.05, 0.1) is 11.9 Å². The van der Waals surface area contributed by atoms with Gasteiger partial charge in [-0.1, -0.05) is 0 Å². The first-order valence-corrected chi connectivity index (χ1v) is 5.35. The van der Waals surface area contributed by atoms with Crippen LogP contribution in [0.2, 0.25) is 0 Å². The molecule has 0 aliphatic rings. The molecule has 5 heteroatoms. The number of pyridine rings is 1. The maximum Gasteiger partial charge on any atom is 0.141 e. The number of aliphatic hydroxyl groups is 1. The van der Waals surface area contributed by atoms with Gasteiger partial charge in [-0.2, -0.15) is 0 Å². The van der Waals surface area contributed by atoms with Gasteiger partial charge in [0, 0.05) is 19.7 Å². The lowest BCUT2D eigenvalue weighted by molar-refractivity contribution is 0.289. The van der Waals surface area contributed by atoms with Crippen LogP contribution in [0.5, 0.6) is 0 Å². The lowest BCUT2D eigenvalue weighted by atomic mass is 10.3. The van der Waals surface area contributed by atoms with E-state index in [4.69, 9.17) is 16.2 Å². The van der Waals surface area contributed by atoms with Crippen LogP contribution in [0.15, 0.2) is 18.3 Å². The highest BCUT2D eigenvalue weighted by Crippen LogP contribution is 2.12. The van der Waals surface area contributed by atoms with Crippen LogP contribution in [0, 0.1) is 5.41 Å². The van der Waals surface area contributed by atoms with E-state index >= 15 is 0 Å². The predicted octanol–water partition coefficient (Wildman–Crippen LogP) is 0.574. The standard InChI is InChI=1S/C11H18N4O/c1-2-15(6-3-7-16)9-4-5-10(11(12)13)14-8-9/h4-5,8,16H,2-3,6-7H2,1H3,(H3,12,13). The number of rotatable bonds is 6. The summed E-state index contributed by atoms with van der Waals surface area (Å²) in [5, 5.41) is 16.0. The van der Waals surface area contributed by atoms with E-state index in [0.717, 1.165) is 25.2 Å². The van der Waals surface area contributed by atoms with Gasteiger partial charge in [-0.15, -0.1) is 0 Å². The number of amidine groups is 1. The minimum atomic E-state index is -0.0232. The third-order valence-electron chi connectivity index (χ3n) is 2.36. The van der Waals surface area contributed by atoms with E-state index in [9.17, 15) is 0 Å². The summed E-state index contributed by atoms with van der Waals surface area (Å²) >= 11 is 0. The fourth-order valence-corrected chi connectivity index (χ4v) is 1.46. The topological polar surface area (TPSA) is 86.2 Å². The Morgan fingerprint density at radius 1 is 1.56 bits per heavy atom. The lowest BCUT2D eigenvalue weighted by Gasteiger charge is -2.22. The zero-order valence-corrected chi connectivity index (χ0v) is 9.48. The number of nitrogens with one attached hydrogen (secondary N) is 1. The van der Waals surface area contributed by atoms with Gasteiger partial charge in [0.25, 0.3) is 0 Å². The molecule has 16 heavy (non-hydrogen) atoms. The molecule has 0 fully saturated rings. The summed E-state index contributed by atoms with van der Waals surface area (Å²) in [5.74, 6) is -0.0232. The molecule has 0 saturated heterocycles. The Labute approximate surface area is 95.4 Å². The van der Waals surface area contributed by atoms with Crippen molar-refractivity contribution in [3.8, 4) is 0 Å². The Bertz CT molecular complexity index is 336. The molecule has 1 heterocycles. The highest BCUT2D eigenvalue weighted by molar-refractivity contribution is 5.93. The number of hydrogen-bond acceptors (Lipinski definition) is 4. The van der Waals surface area contributed by atoms with Gasteiger partial charge in [-0.05, 0) is 25.5 Å². The summed E-state index contributed by atoms with van der Waals surface area (Å²) in [6.45, 7) is 3.90. The highest BCUT2D eigenvalue weighted by Gasteiger charge is 2.05. The van der Waals surface area contributed by atoms with E-state index in [-0.39, 0.29) is 12.4 Å². The van der Waals surface area contributed by atoms with Crippen molar-refractivity contribution in [2.75, 3.05) is 24.6 Å². The second-order valence-electron chi connectivity index (χ2n) is 3.47. The molecule has 0 saturated carbocycles. The van der Waals surface area contributed by atoms with Gasteiger partial charge in [0.2, 0.25) is 0 Å². The molecule has 1 aromatic rings. The largest absolute Gasteiger partial charge is 0.396 e. The van der Waals surface area contributed by atoms with Crippen LogP contribution in [0.3, 0.4) is 0 Å². The molecule has 0 unspecified atom stereocenters. The zero-order valence-electron chi connectivity index (χ0n) is 9.48. The van der Waals surface area contributed by atoms with Gasteiger partial charge in [-0.3, -0.25) is 10.4 Å². The third kappa shape index (κ3) is 3.20. The van der Waals surface area contributed by atoms with E-state index in [1.165, 1.54) is 0 Å². The van der Waals surface area contributed by atoms with Gasteiger partial charge in [0.1, 0.15) is 11.5 Å². The molecule has 0 aromatic carbocycles. The quantitative estimate of drug-likeness (QED) is 0.485. The van der Waals surface area contributed by atoms with Crippen molar-refractivity contribution >= 4 is 11.5 Å². The van der Waals surface area contributed by atoms with Gasteiger partial charge >= 0.3 is 0 Å². The molecule has 0 radical (unpaired) electrons. The number of nitrogens with two attached hydrogens (primary N) is 1. The molecule has 0 spiro atoms. The first-order valence-electron chi connectivity index (χ1n) is 5.35. The summed E-state index contributed by atoms with van der Waals surface area (Å²) < 4.78 is 0.